The van der Waals surface area contributed by atoms with Gasteiger partial charge in [-0.2, -0.15) is 0 Å². The van der Waals surface area contributed by atoms with E-state index in [0.29, 0.717) is 12.8 Å². The van der Waals surface area contributed by atoms with E-state index in [1.54, 1.807) is 0 Å². The molecule has 0 unspecified atom stereocenters. The summed E-state index contributed by atoms with van der Waals surface area (Å²) in [5.41, 5.74) is -0.547. The fraction of sp³-hybridized carbons (Fsp3) is 0.500. The lowest BCUT2D eigenvalue weighted by Gasteiger charge is -2.36. The highest BCUT2D eigenvalue weighted by Crippen LogP contribution is 2.30. The summed E-state index contributed by atoms with van der Waals surface area (Å²) in [7, 11) is 0. The Morgan fingerprint density at radius 3 is 2.70 bits per heavy atom. The molecular weight excluding hydrogens is 266 g/mol. The van der Waals surface area contributed by atoms with Crippen molar-refractivity contribution >= 4 is 6.03 Å². The zero-order chi connectivity index (χ0) is 14.6. The van der Waals surface area contributed by atoms with Crippen LogP contribution in [-0.4, -0.2) is 29.8 Å². The van der Waals surface area contributed by atoms with Crippen molar-refractivity contribution in [2.75, 3.05) is 13.1 Å². The second-order valence-electron chi connectivity index (χ2n) is 5.17. The van der Waals surface area contributed by atoms with E-state index in [0.717, 1.165) is 24.6 Å². The lowest BCUT2D eigenvalue weighted by atomic mass is 9.80. The van der Waals surface area contributed by atoms with Crippen LogP contribution in [0, 0.1) is 11.6 Å². The van der Waals surface area contributed by atoms with E-state index in [4.69, 9.17) is 0 Å². The summed E-state index contributed by atoms with van der Waals surface area (Å²) in [5, 5.41) is 14.9. The second kappa shape index (κ2) is 6.17. The first-order valence-corrected chi connectivity index (χ1v) is 6.67. The first kappa shape index (κ1) is 14.7. The molecule has 1 aromatic rings. The Balaban J connectivity index is 1.69. The number of benzene rings is 1. The van der Waals surface area contributed by atoms with E-state index in [9.17, 15) is 18.7 Å². The van der Waals surface area contributed by atoms with Gasteiger partial charge in [-0.25, -0.2) is 13.6 Å². The molecule has 3 N–H and O–H groups in total. The zero-order valence-electron chi connectivity index (χ0n) is 11.1. The highest BCUT2D eigenvalue weighted by Gasteiger charge is 2.34. The topological polar surface area (TPSA) is 61.4 Å². The van der Waals surface area contributed by atoms with Crippen LogP contribution in [0.4, 0.5) is 13.6 Å². The Hall–Kier alpha value is -1.69. The number of rotatable bonds is 5. The van der Waals surface area contributed by atoms with E-state index < -0.39 is 23.3 Å². The van der Waals surface area contributed by atoms with Gasteiger partial charge < -0.3 is 15.7 Å². The Labute approximate surface area is 116 Å². The number of amides is 2. The Morgan fingerprint density at radius 2 is 2.05 bits per heavy atom. The molecule has 1 saturated carbocycles. The van der Waals surface area contributed by atoms with E-state index in [1.807, 2.05) is 0 Å². The third-order valence-corrected chi connectivity index (χ3v) is 3.55. The van der Waals surface area contributed by atoms with Gasteiger partial charge in [0, 0.05) is 13.1 Å². The largest absolute Gasteiger partial charge is 0.388 e. The molecule has 1 aliphatic rings. The number of hydrogen-bond donors (Lipinski definition) is 3. The van der Waals surface area contributed by atoms with Gasteiger partial charge in [-0.15, -0.1) is 0 Å². The van der Waals surface area contributed by atoms with Crippen LogP contribution >= 0.6 is 0 Å². The number of aliphatic hydroxyl groups is 1. The van der Waals surface area contributed by atoms with Gasteiger partial charge in [0.2, 0.25) is 0 Å². The van der Waals surface area contributed by atoms with Gasteiger partial charge >= 0.3 is 6.03 Å². The molecule has 2 amide bonds. The van der Waals surface area contributed by atoms with Crippen LogP contribution in [0.25, 0.3) is 0 Å². The highest BCUT2D eigenvalue weighted by atomic mass is 19.1. The summed E-state index contributed by atoms with van der Waals surface area (Å²) in [6.07, 6.45) is 2.57. The molecule has 1 fully saturated rings. The molecule has 0 saturated heterocycles. The van der Waals surface area contributed by atoms with Gasteiger partial charge in [-0.05, 0) is 49.4 Å². The van der Waals surface area contributed by atoms with Gasteiger partial charge in [-0.3, -0.25) is 0 Å². The predicted molar refractivity (Wildman–Crippen MR) is 70.3 cm³/mol. The maximum atomic E-state index is 13.3. The molecule has 0 atom stereocenters. The van der Waals surface area contributed by atoms with Crippen LogP contribution in [0.15, 0.2) is 18.2 Å². The number of nitrogens with one attached hydrogen (secondary N) is 2. The molecule has 1 aromatic carbocycles. The van der Waals surface area contributed by atoms with Gasteiger partial charge in [-0.1, -0.05) is 0 Å². The van der Waals surface area contributed by atoms with Crippen molar-refractivity contribution < 1.29 is 18.7 Å². The average molecular weight is 284 g/mol. The van der Waals surface area contributed by atoms with Crippen LogP contribution in [0.3, 0.4) is 0 Å². The molecule has 6 heteroatoms. The van der Waals surface area contributed by atoms with Gasteiger partial charge in [0.15, 0.2) is 0 Å². The summed E-state index contributed by atoms with van der Waals surface area (Å²) in [6.45, 7) is 0.414. The molecule has 0 aliphatic heterocycles. The minimum atomic E-state index is -0.772. The minimum Gasteiger partial charge on any atom is -0.388 e. The van der Waals surface area contributed by atoms with Crippen LogP contribution in [-0.2, 0) is 6.42 Å². The standard InChI is InChI=1S/C14H18F2N2O2/c15-11-2-3-12(16)10(8-11)4-7-17-13(19)18-9-14(20)5-1-6-14/h2-3,8,20H,1,4-7,9H2,(H2,17,18,19). The summed E-state index contributed by atoms with van der Waals surface area (Å²) < 4.78 is 26.3. The number of urea groups is 1. The Kier molecular flexibility index (Phi) is 4.54. The van der Waals surface area contributed by atoms with Crippen molar-refractivity contribution in [1.82, 2.24) is 10.6 Å². The molecule has 0 aromatic heterocycles. The van der Waals surface area contributed by atoms with E-state index >= 15 is 0 Å². The summed E-state index contributed by atoms with van der Waals surface area (Å²) in [4.78, 5) is 11.5. The summed E-state index contributed by atoms with van der Waals surface area (Å²) >= 11 is 0. The predicted octanol–water partition coefficient (Wildman–Crippen LogP) is 1.72. The van der Waals surface area contributed by atoms with Crippen molar-refractivity contribution in [2.45, 2.75) is 31.3 Å². The van der Waals surface area contributed by atoms with Crippen molar-refractivity contribution in [3.05, 3.63) is 35.4 Å². The van der Waals surface area contributed by atoms with Crippen LogP contribution < -0.4 is 10.6 Å². The zero-order valence-corrected chi connectivity index (χ0v) is 11.1. The smallest absolute Gasteiger partial charge is 0.314 e. The fourth-order valence-corrected chi connectivity index (χ4v) is 2.11. The molecule has 0 heterocycles. The third kappa shape index (κ3) is 3.90. The quantitative estimate of drug-likeness (QED) is 0.771. The number of halogens is 2. The average Bonchev–Trinajstić information content (AvgIpc) is 2.38. The summed E-state index contributed by atoms with van der Waals surface area (Å²) in [5.74, 6) is -0.990. The maximum Gasteiger partial charge on any atom is 0.314 e. The number of hydrogen-bond acceptors (Lipinski definition) is 2. The lowest BCUT2D eigenvalue weighted by Crippen LogP contribution is -2.50. The van der Waals surface area contributed by atoms with Gasteiger partial charge in [0.1, 0.15) is 11.6 Å². The highest BCUT2D eigenvalue weighted by molar-refractivity contribution is 5.73. The van der Waals surface area contributed by atoms with E-state index in [-0.39, 0.29) is 25.1 Å². The Bertz CT molecular complexity index is 490. The third-order valence-electron chi connectivity index (χ3n) is 3.55. The molecule has 1 aliphatic carbocycles. The molecule has 4 nitrogen and oxygen atoms in total. The number of carbonyl (C=O) groups is 1. The molecule has 20 heavy (non-hydrogen) atoms. The van der Waals surface area contributed by atoms with E-state index in [2.05, 4.69) is 10.6 Å². The molecular formula is C14H18F2N2O2. The molecule has 110 valence electrons. The van der Waals surface area contributed by atoms with Crippen LogP contribution in [0.5, 0.6) is 0 Å². The minimum absolute atomic E-state index is 0.199. The van der Waals surface area contributed by atoms with Gasteiger partial charge in [0.25, 0.3) is 0 Å². The molecule has 0 bridgehead atoms. The maximum absolute atomic E-state index is 13.3. The lowest BCUT2D eigenvalue weighted by molar-refractivity contribution is -0.0290. The SMILES string of the molecule is O=C(NCCc1cc(F)ccc1F)NCC1(O)CCC1. The fourth-order valence-electron chi connectivity index (χ4n) is 2.11. The van der Waals surface area contributed by atoms with Crippen molar-refractivity contribution in [1.29, 1.82) is 0 Å². The van der Waals surface area contributed by atoms with Crippen molar-refractivity contribution in [2.24, 2.45) is 0 Å². The number of carbonyl (C=O) groups excluding carboxylic acids is 1. The van der Waals surface area contributed by atoms with Crippen LogP contribution in [0.1, 0.15) is 24.8 Å². The van der Waals surface area contributed by atoms with Crippen molar-refractivity contribution in [3.8, 4) is 0 Å². The monoisotopic (exact) mass is 284 g/mol. The molecule has 2 rings (SSSR count). The van der Waals surface area contributed by atoms with Gasteiger partial charge in [0.05, 0.1) is 5.60 Å². The molecule has 0 spiro atoms. The van der Waals surface area contributed by atoms with Crippen LogP contribution in [0.2, 0.25) is 0 Å². The first-order chi connectivity index (χ1) is 9.48. The summed E-state index contributed by atoms with van der Waals surface area (Å²) in [6, 6.07) is 2.82. The molecule has 0 radical (unpaired) electrons. The first-order valence-electron chi connectivity index (χ1n) is 6.67. The Morgan fingerprint density at radius 1 is 1.30 bits per heavy atom. The normalized spacial score (nSPS) is 16.4. The van der Waals surface area contributed by atoms with E-state index in [1.165, 1.54) is 0 Å². The van der Waals surface area contributed by atoms with Crippen molar-refractivity contribution in [3.63, 3.8) is 0 Å². The second-order valence-corrected chi connectivity index (χ2v) is 5.17.